The van der Waals surface area contributed by atoms with Crippen molar-refractivity contribution in [1.82, 2.24) is 16.2 Å². The molecule has 0 aromatic carbocycles. The molecule has 0 unspecified atom stereocenters. The molecule has 0 spiro atoms. The zero-order chi connectivity index (χ0) is 10.1. The van der Waals surface area contributed by atoms with Crippen LogP contribution in [0, 0.1) is 11.3 Å². The molecule has 0 aromatic heterocycles. The lowest BCUT2D eigenvalue weighted by Crippen LogP contribution is -2.28. The average molecular weight is 182 g/mol. The van der Waals surface area contributed by atoms with E-state index >= 15 is 0 Å². The van der Waals surface area contributed by atoms with Crippen LogP contribution in [0.2, 0.25) is 0 Å². The van der Waals surface area contributed by atoms with E-state index in [2.05, 4.69) is 5.43 Å². The Balaban J connectivity index is 4.24. The van der Waals surface area contributed by atoms with Crippen molar-refractivity contribution in [2.75, 3.05) is 0 Å². The number of carbonyl (C=O) groups excluding carboxylic acids is 3. The van der Waals surface area contributed by atoms with Gasteiger partial charge < -0.3 is 5.43 Å². The average Bonchev–Trinajstić information content (AvgIpc) is 2.13. The number of hydrazine groups is 1. The van der Waals surface area contributed by atoms with Gasteiger partial charge in [0, 0.05) is 6.20 Å². The van der Waals surface area contributed by atoms with Gasteiger partial charge in [-0.25, -0.2) is 0 Å². The van der Waals surface area contributed by atoms with Crippen molar-refractivity contribution in [2.45, 2.75) is 0 Å². The van der Waals surface area contributed by atoms with Crippen LogP contribution in [-0.4, -0.2) is 18.7 Å². The molecule has 0 bridgehead atoms. The highest BCUT2D eigenvalue weighted by molar-refractivity contribution is 6.02. The topological polar surface area (TPSA) is 111 Å². The van der Waals surface area contributed by atoms with Gasteiger partial charge in [0.2, 0.25) is 12.8 Å². The van der Waals surface area contributed by atoms with Gasteiger partial charge in [0.15, 0.2) is 0 Å². The van der Waals surface area contributed by atoms with Gasteiger partial charge in [-0.15, -0.1) is 0 Å². The Morgan fingerprint density at radius 2 is 1.92 bits per heavy atom. The van der Waals surface area contributed by atoms with E-state index in [1.165, 1.54) is 6.07 Å². The Hall–Kier alpha value is -2.36. The van der Waals surface area contributed by atoms with E-state index in [-0.39, 0.29) is 12.0 Å². The number of carbonyl (C=O) groups is 3. The molecule has 13 heavy (non-hydrogen) atoms. The fourth-order valence-electron chi connectivity index (χ4n) is 0.428. The van der Waals surface area contributed by atoms with Gasteiger partial charge in [-0.05, 0) is 0 Å². The summed E-state index contributed by atoms with van der Waals surface area (Å²) in [5.74, 6) is -0.849. The van der Waals surface area contributed by atoms with E-state index in [1.54, 1.807) is 5.32 Å². The Morgan fingerprint density at radius 1 is 1.23 bits per heavy atom. The summed E-state index contributed by atoms with van der Waals surface area (Å²) in [5, 5.41) is 10.1. The maximum atomic E-state index is 10.8. The molecule has 68 valence electrons. The summed E-state index contributed by atoms with van der Waals surface area (Å²) in [6.45, 7) is 0. The molecule has 0 heterocycles. The summed E-state index contributed by atoms with van der Waals surface area (Å²) >= 11 is 0. The van der Waals surface area contributed by atoms with E-state index in [4.69, 9.17) is 5.26 Å². The van der Waals surface area contributed by atoms with E-state index in [0.717, 1.165) is 6.20 Å². The second kappa shape index (κ2) is 6.36. The summed E-state index contributed by atoms with van der Waals surface area (Å²) in [6.07, 6.45) is 1.43. The first-order chi connectivity index (χ1) is 6.26. The lowest BCUT2D eigenvalue weighted by molar-refractivity contribution is -0.122. The molecule has 7 nitrogen and oxygen atoms in total. The number of rotatable bonds is 5. The highest BCUT2D eigenvalue weighted by atomic mass is 16.2. The van der Waals surface area contributed by atoms with Crippen LogP contribution in [-0.2, 0) is 14.4 Å². The van der Waals surface area contributed by atoms with Gasteiger partial charge in [0.05, 0.1) is 0 Å². The predicted molar refractivity (Wildman–Crippen MR) is 40.2 cm³/mol. The molecular formula is C6H6N4O3. The van der Waals surface area contributed by atoms with Gasteiger partial charge in [-0.3, -0.25) is 25.1 Å². The highest BCUT2D eigenvalue weighted by Gasteiger charge is 2.06. The van der Waals surface area contributed by atoms with Gasteiger partial charge in [-0.1, -0.05) is 0 Å². The normalized spacial score (nSPS) is 9.31. The number of imide groups is 1. The highest BCUT2D eigenvalue weighted by Crippen LogP contribution is 1.87. The molecular weight excluding hydrogens is 176 g/mol. The van der Waals surface area contributed by atoms with Crippen LogP contribution < -0.4 is 16.2 Å². The van der Waals surface area contributed by atoms with Crippen LogP contribution in [0.4, 0.5) is 0 Å². The van der Waals surface area contributed by atoms with Crippen molar-refractivity contribution in [2.24, 2.45) is 0 Å². The van der Waals surface area contributed by atoms with Crippen molar-refractivity contribution < 1.29 is 14.4 Å². The molecule has 0 radical (unpaired) electrons. The monoisotopic (exact) mass is 182 g/mol. The first-order valence-corrected chi connectivity index (χ1v) is 3.05. The van der Waals surface area contributed by atoms with Crippen LogP contribution in [0.25, 0.3) is 0 Å². The lowest BCUT2D eigenvalue weighted by atomic mass is 10.3. The zero-order valence-electron chi connectivity index (χ0n) is 6.40. The van der Waals surface area contributed by atoms with Crippen molar-refractivity contribution in [1.29, 1.82) is 5.26 Å². The smallest absolute Gasteiger partial charge is 0.269 e. The SMILES string of the molecule is N#C/C(=C\NNC=O)C(=O)NC=O. The summed E-state index contributed by atoms with van der Waals surface area (Å²) < 4.78 is 0. The molecule has 0 aromatic rings. The van der Waals surface area contributed by atoms with E-state index < -0.39 is 5.91 Å². The van der Waals surface area contributed by atoms with Crippen molar-refractivity contribution in [3.05, 3.63) is 11.8 Å². The quantitative estimate of drug-likeness (QED) is 0.148. The van der Waals surface area contributed by atoms with Crippen LogP contribution >= 0.6 is 0 Å². The zero-order valence-corrected chi connectivity index (χ0v) is 6.40. The molecule has 0 saturated heterocycles. The molecule has 0 aliphatic rings. The van der Waals surface area contributed by atoms with Crippen LogP contribution in [0.15, 0.2) is 11.8 Å². The number of nitriles is 1. The Labute approximate surface area is 73.4 Å². The maximum absolute atomic E-state index is 10.8. The second-order valence-corrected chi connectivity index (χ2v) is 1.67. The third-order valence-corrected chi connectivity index (χ3v) is 0.914. The molecule has 0 atom stereocenters. The fourth-order valence-corrected chi connectivity index (χ4v) is 0.428. The molecule has 0 rings (SSSR count). The third-order valence-electron chi connectivity index (χ3n) is 0.914. The van der Waals surface area contributed by atoms with Crippen molar-refractivity contribution in [3.63, 3.8) is 0 Å². The summed E-state index contributed by atoms with van der Waals surface area (Å²) in [5.41, 5.74) is 3.80. The summed E-state index contributed by atoms with van der Waals surface area (Å²) in [6, 6.07) is 1.52. The summed E-state index contributed by atoms with van der Waals surface area (Å²) in [4.78, 5) is 30.3. The Bertz CT molecular complexity index is 278. The standard InChI is InChI=1S/C6H6N4O3/c7-1-5(2-9-10-4-12)6(13)8-3-11/h2-4,9H,(H,10,12)(H,8,11,13)/b5-2+. The minimum absolute atomic E-state index is 0.153. The van der Waals surface area contributed by atoms with Crippen LogP contribution in [0.3, 0.4) is 0 Å². The minimum Gasteiger partial charge on any atom is -0.305 e. The van der Waals surface area contributed by atoms with Crippen molar-refractivity contribution >= 4 is 18.7 Å². The number of nitrogens with zero attached hydrogens (tertiary/aromatic N) is 1. The molecule has 0 aliphatic carbocycles. The first kappa shape index (κ1) is 10.6. The minimum atomic E-state index is -0.849. The Morgan fingerprint density at radius 3 is 2.38 bits per heavy atom. The van der Waals surface area contributed by atoms with E-state index in [1.807, 2.05) is 5.43 Å². The molecule has 0 aliphatic heterocycles. The fraction of sp³-hybridized carbons (Fsp3) is 0. The first-order valence-electron chi connectivity index (χ1n) is 3.05. The van der Waals surface area contributed by atoms with Gasteiger partial charge >= 0.3 is 0 Å². The van der Waals surface area contributed by atoms with Crippen LogP contribution in [0.1, 0.15) is 0 Å². The van der Waals surface area contributed by atoms with Gasteiger partial charge in [-0.2, -0.15) is 5.26 Å². The van der Waals surface area contributed by atoms with Crippen molar-refractivity contribution in [3.8, 4) is 6.07 Å². The molecule has 3 N–H and O–H groups in total. The predicted octanol–water partition coefficient (Wildman–Crippen LogP) is -2.08. The number of hydrogen-bond donors (Lipinski definition) is 3. The third kappa shape index (κ3) is 4.15. The molecule has 3 amide bonds. The van der Waals surface area contributed by atoms with Gasteiger partial charge in [0.1, 0.15) is 11.6 Å². The second-order valence-electron chi connectivity index (χ2n) is 1.67. The molecule has 7 heteroatoms. The molecule has 0 saturated carbocycles. The van der Waals surface area contributed by atoms with Gasteiger partial charge in [0.25, 0.3) is 5.91 Å². The maximum Gasteiger partial charge on any atom is 0.269 e. The number of amides is 3. The van der Waals surface area contributed by atoms with E-state index in [0.29, 0.717) is 6.41 Å². The Kier molecular flexibility index (Phi) is 5.20. The largest absolute Gasteiger partial charge is 0.305 e. The summed E-state index contributed by atoms with van der Waals surface area (Å²) in [7, 11) is 0. The molecule has 0 fully saturated rings. The number of nitrogens with one attached hydrogen (secondary N) is 3. The number of hydrogen-bond acceptors (Lipinski definition) is 5. The van der Waals surface area contributed by atoms with Crippen LogP contribution in [0.5, 0.6) is 0 Å². The van der Waals surface area contributed by atoms with E-state index in [9.17, 15) is 14.4 Å². The lowest BCUT2D eigenvalue weighted by Gasteiger charge is -1.97.